The van der Waals surface area contributed by atoms with E-state index < -0.39 is 0 Å². The zero-order valence-corrected chi connectivity index (χ0v) is 10.7. The van der Waals surface area contributed by atoms with Crippen LogP contribution in [0.2, 0.25) is 0 Å². The molecule has 100 valence electrons. The molecule has 0 spiro atoms. The van der Waals surface area contributed by atoms with E-state index in [1.54, 1.807) is 12.1 Å². The molecule has 4 nitrogen and oxygen atoms in total. The maximum absolute atomic E-state index is 12.9. The van der Waals surface area contributed by atoms with Crippen molar-refractivity contribution in [2.45, 2.75) is 31.8 Å². The summed E-state index contributed by atoms with van der Waals surface area (Å²) in [4.78, 5) is 4.34. The highest BCUT2D eigenvalue weighted by Crippen LogP contribution is 2.36. The fourth-order valence-electron chi connectivity index (χ4n) is 2.29. The molecule has 2 heterocycles. The summed E-state index contributed by atoms with van der Waals surface area (Å²) in [7, 11) is 0. The Kier molecular flexibility index (Phi) is 3.29. The van der Waals surface area contributed by atoms with Gasteiger partial charge in [-0.05, 0) is 24.1 Å². The Morgan fingerprint density at radius 3 is 2.79 bits per heavy atom. The number of rotatable bonds is 3. The van der Waals surface area contributed by atoms with Crippen LogP contribution >= 0.6 is 0 Å². The van der Waals surface area contributed by atoms with Crippen molar-refractivity contribution in [1.82, 2.24) is 10.1 Å². The lowest BCUT2D eigenvalue weighted by atomic mass is 10.00. The van der Waals surface area contributed by atoms with Gasteiger partial charge in [0.1, 0.15) is 5.82 Å². The van der Waals surface area contributed by atoms with Gasteiger partial charge in [0.25, 0.3) is 0 Å². The number of nitrogens with zero attached hydrogens (tertiary/aromatic N) is 2. The third-order valence-corrected chi connectivity index (χ3v) is 3.39. The van der Waals surface area contributed by atoms with Crippen molar-refractivity contribution >= 4 is 0 Å². The van der Waals surface area contributed by atoms with Gasteiger partial charge in [0.15, 0.2) is 5.82 Å². The highest BCUT2D eigenvalue weighted by atomic mass is 19.1. The van der Waals surface area contributed by atoms with Gasteiger partial charge in [0.05, 0.1) is 12.7 Å². The van der Waals surface area contributed by atoms with Crippen LogP contribution in [0.15, 0.2) is 28.8 Å². The highest BCUT2D eigenvalue weighted by Gasteiger charge is 2.31. The van der Waals surface area contributed by atoms with E-state index in [-0.39, 0.29) is 17.8 Å². The summed E-state index contributed by atoms with van der Waals surface area (Å²) in [5, 5.41) is 3.99. The minimum atomic E-state index is -0.232. The Morgan fingerprint density at radius 2 is 2.11 bits per heavy atom. The maximum atomic E-state index is 12.9. The quantitative estimate of drug-likeness (QED) is 0.853. The van der Waals surface area contributed by atoms with Gasteiger partial charge in [-0.3, -0.25) is 0 Å². The van der Waals surface area contributed by atoms with E-state index in [2.05, 4.69) is 10.1 Å². The molecule has 1 aromatic heterocycles. The Balaban J connectivity index is 1.71. The van der Waals surface area contributed by atoms with Gasteiger partial charge in [0, 0.05) is 12.3 Å². The second-order valence-electron chi connectivity index (χ2n) is 4.71. The van der Waals surface area contributed by atoms with Crippen molar-refractivity contribution in [3.63, 3.8) is 0 Å². The largest absolute Gasteiger partial charge is 0.373 e. The van der Waals surface area contributed by atoms with Crippen molar-refractivity contribution < 1.29 is 13.7 Å². The summed E-state index contributed by atoms with van der Waals surface area (Å²) in [6, 6.07) is 6.43. The first-order valence-corrected chi connectivity index (χ1v) is 6.46. The summed E-state index contributed by atoms with van der Waals surface area (Å²) in [5.74, 6) is 1.28. The van der Waals surface area contributed by atoms with E-state index in [4.69, 9.17) is 9.26 Å². The molecular formula is C14H15FN2O2. The number of aromatic nitrogens is 2. The summed E-state index contributed by atoms with van der Waals surface area (Å²) in [5.41, 5.74) is 0.989. The third-order valence-electron chi connectivity index (χ3n) is 3.39. The number of halogens is 1. The van der Waals surface area contributed by atoms with Crippen molar-refractivity contribution in [2.75, 3.05) is 6.61 Å². The second kappa shape index (κ2) is 5.09. The van der Waals surface area contributed by atoms with Crippen LogP contribution in [-0.4, -0.2) is 16.7 Å². The average Bonchev–Trinajstić information content (AvgIpc) is 3.08. The number of ether oxygens (including phenoxy) is 1. The topological polar surface area (TPSA) is 48.2 Å². The van der Waals surface area contributed by atoms with Crippen LogP contribution in [0.1, 0.15) is 42.6 Å². The molecule has 0 unspecified atom stereocenters. The van der Waals surface area contributed by atoms with Crippen LogP contribution in [0.5, 0.6) is 0 Å². The number of hydrogen-bond acceptors (Lipinski definition) is 4. The fourth-order valence-corrected chi connectivity index (χ4v) is 2.29. The molecule has 0 saturated carbocycles. The highest BCUT2D eigenvalue weighted by molar-refractivity contribution is 5.20. The van der Waals surface area contributed by atoms with Gasteiger partial charge in [-0.2, -0.15) is 4.98 Å². The summed E-state index contributed by atoms with van der Waals surface area (Å²) in [6.07, 6.45) is 1.52. The molecule has 5 heteroatoms. The van der Waals surface area contributed by atoms with Gasteiger partial charge in [-0.15, -0.1) is 0 Å². The molecule has 0 aliphatic carbocycles. The van der Waals surface area contributed by atoms with Gasteiger partial charge >= 0.3 is 0 Å². The van der Waals surface area contributed by atoms with E-state index >= 15 is 0 Å². The molecule has 0 bridgehead atoms. The van der Waals surface area contributed by atoms with E-state index in [1.807, 2.05) is 6.92 Å². The third kappa shape index (κ3) is 2.51. The molecule has 3 rings (SSSR count). The standard InChI is InChI=1S/C14H15FN2O2/c1-2-13-16-14(17-19-13)10-7-12(18-8-10)9-3-5-11(15)6-4-9/h3-6,10,12H,2,7-8H2,1H3/t10-,12+/m0/s1. The first-order chi connectivity index (χ1) is 9.26. The number of benzene rings is 1. The van der Waals surface area contributed by atoms with E-state index in [0.29, 0.717) is 18.3 Å². The summed E-state index contributed by atoms with van der Waals surface area (Å²) in [6.45, 7) is 2.55. The lowest BCUT2D eigenvalue weighted by molar-refractivity contribution is 0.110. The minimum absolute atomic E-state index is 0.0193. The van der Waals surface area contributed by atoms with Crippen molar-refractivity contribution in [1.29, 1.82) is 0 Å². The van der Waals surface area contributed by atoms with Crippen LogP contribution in [0.4, 0.5) is 4.39 Å². The molecule has 0 N–H and O–H groups in total. The first kappa shape index (κ1) is 12.3. The predicted octanol–water partition coefficient (Wildman–Crippen LogP) is 3.02. The van der Waals surface area contributed by atoms with Gasteiger partial charge in [0.2, 0.25) is 5.89 Å². The van der Waals surface area contributed by atoms with E-state index in [1.165, 1.54) is 12.1 Å². The van der Waals surface area contributed by atoms with E-state index in [9.17, 15) is 4.39 Å². The molecule has 2 atom stereocenters. The molecule has 0 amide bonds. The Morgan fingerprint density at radius 1 is 1.32 bits per heavy atom. The Labute approximate surface area is 110 Å². The molecular weight excluding hydrogens is 247 g/mol. The number of hydrogen-bond donors (Lipinski definition) is 0. The zero-order chi connectivity index (χ0) is 13.2. The van der Waals surface area contributed by atoms with Gasteiger partial charge < -0.3 is 9.26 Å². The molecule has 1 aliphatic heterocycles. The van der Waals surface area contributed by atoms with Crippen LogP contribution in [0, 0.1) is 5.82 Å². The van der Waals surface area contributed by atoms with Crippen molar-refractivity contribution in [2.24, 2.45) is 0 Å². The zero-order valence-electron chi connectivity index (χ0n) is 10.7. The van der Waals surface area contributed by atoms with Gasteiger partial charge in [-0.1, -0.05) is 24.2 Å². The van der Waals surface area contributed by atoms with Gasteiger partial charge in [-0.25, -0.2) is 4.39 Å². The molecule has 19 heavy (non-hydrogen) atoms. The van der Waals surface area contributed by atoms with Crippen LogP contribution in [0.25, 0.3) is 0 Å². The Hall–Kier alpha value is -1.75. The SMILES string of the molecule is CCc1nc([C@@H]2CO[C@@H](c3ccc(F)cc3)C2)no1. The smallest absolute Gasteiger partial charge is 0.226 e. The van der Waals surface area contributed by atoms with Crippen LogP contribution in [0.3, 0.4) is 0 Å². The predicted molar refractivity (Wildman–Crippen MR) is 66.1 cm³/mol. The Bertz CT molecular complexity index is 553. The monoisotopic (exact) mass is 262 g/mol. The lowest BCUT2D eigenvalue weighted by Gasteiger charge is -2.08. The number of aryl methyl sites for hydroxylation is 1. The van der Waals surface area contributed by atoms with E-state index in [0.717, 1.165) is 18.4 Å². The summed E-state index contributed by atoms with van der Waals surface area (Å²) < 4.78 is 23.7. The molecule has 1 aliphatic rings. The normalized spacial score (nSPS) is 22.8. The fraction of sp³-hybridized carbons (Fsp3) is 0.429. The van der Waals surface area contributed by atoms with Crippen molar-refractivity contribution in [3.05, 3.63) is 47.4 Å². The molecule has 2 aromatic rings. The van der Waals surface area contributed by atoms with Crippen molar-refractivity contribution in [3.8, 4) is 0 Å². The first-order valence-electron chi connectivity index (χ1n) is 6.46. The molecule has 0 radical (unpaired) electrons. The minimum Gasteiger partial charge on any atom is -0.373 e. The molecule has 1 saturated heterocycles. The average molecular weight is 262 g/mol. The maximum Gasteiger partial charge on any atom is 0.226 e. The second-order valence-corrected chi connectivity index (χ2v) is 4.71. The lowest BCUT2D eigenvalue weighted by Crippen LogP contribution is -2.00. The van der Waals surface area contributed by atoms with Crippen LogP contribution in [-0.2, 0) is 11.2 Å². The summed E-state index contributed by atoms with van der Waals surface area (Å²) >= 11 is 0. The molecule has 1 fully saturated rings. The van der Waals surface area contributed by atoms with Crippen LogP contribution < -0.4 is 0 Å². The molecule has 1 aromatic carbocycles.